The van der Waals surface area contributed by atoms with Crippen molar-refractivity contribution < 1.29 is 33.1 Å². The van der Waals surface area contributed by atoms with E-state index in [1.807, 2.05) is 0 Å². The van der Waals surface area contributed by atoms with E-state index >= 15 is 0 Å². The minimum absolute atomic E-state index is 0.0772. The smallest absolute Gasteiger partial charge is 0.463 e. The van der Waals surface area contributed by atoms with Gasteiger partial charge in [0.25, 0.3) is 0 Å². The molecule has 0 aromatic heterocycles. The monoisotopic (exact) mass is 790 g/mol. The van der Waals surface area contributed by atoms with Gasteiger partial charge < -0.3 is 20.5 Å². The third-order valence-electron chi connectivity index (χ3n) is 10.7. The van der Waals surface area contributed by atoms with Crippen molar-refractivity contribution in [3.05, 3.63) is 0 Å². The summed E-state index contributed by atoms with van der Waals surface area (Å²) in [5, 5.41) is 9.78. The first kappa shape index (κ1) is 53.5. The van der Waals surface area contributed by atoms with Crippen LogP contribution < -0.4 is 5.73 Å². The molecule has 0 saturated carbocycles. The summed E-state index contributed by atoms with van der Waals surface area (Å²) in [6, 6.07) is 0. The molecular weight excluding hydrogens is 697 g/mol. The van der Waals surface area contributed by atoms with Gasteiger partial charge in [0.2, 0.25) is 0 Å². The summed E-state index contributed by atoms with van der Waals surface area (Å²) in [7, 11) is -4.25. The predicted molar refractivity (Wildman–Crippen MR) is 229 cm³/mol. The van der Waals surface area contributed by atoms with Gasteiger partial charge in [-0.3, -0.25) is 13.8 Å². The van der Waals surface area contributed by atoms with Crippen LogP contribution in [0.2, 0.25) is 0 Å². The minimum atomic E-state index is -4.25. The molecule has 8 nitrogen and oxygen atoms in total. The Bertz CT molecular complexity index is 802. The highest BCUT2D eigenvalue weighted by molar-refractivity contribution is 7.47. The number of rotatable bonds is 46. The van der Waals surface area contributed by atoms with Crippen LogP contribution in [0.5, 0.6) is 0 Å². The number of ether oxygens (including phenoxy) is 1. The van der Waals surface area contributed by atoms with Crippen molar-refractivity contribution in [2.75, 3.05) is 26.4 Å². The van der Waals surface area contributed by atoms with Crippen LogP contribution in [0.1, 0.15) is 251 Å². The second kappa shape index (κ2) is 43.6. The van der Waals surface area contributed by atoms with Crippen LogP contribution >= 0.6 is 7.82 Å². The largest absolute Gasteiger partial charge is 0.472 e. The van der Waals surface area contributed by atoms with E-state index in [1.54, 1.807) is 0 Å². The van der Waals surface area contributed by atoms with E-state index < -0.39 is 20.5 Å². The van der Waals surface area contributed by atoms with Crippen LogP contribution in [0.15, 0.2) is 0 Å². The normalized spacial score (nSPS) is 13.3. The average Bonchev–Trinajstić information content (AvgIpc) is 3.16. The quantitative estimate of drug-likeness (QED) is 0.0316. The third-order valence-corrected chi connectivity index (χ3v) is 11.7. The van der Waals surface area contributed by atoms with Gasteiger partial charge in [0, 0.05) is 13.0 Å². The first-order chi connectivity index (χ1) is 26.4. The fourth-order valence-corrected chi connectivity index (χ4v) is 8.00. The van der Waals surface area contributed by atoms with E-state index in [9.17, 15) is 19.4 Å². The van der Waals surface area contributed by atoms with Crippen molar-refractivity contribution in [1.29, 1.82) is 0 Å². The number of nitrogens with two attached hydrogens (primary N) is 1. The number of aliphatic hydroxyl groups is 1. The van der Waals surface area contributed by atoms with Gasteiger partial charge in [-0.05, 0) is 6.42 Å². The van der Waals surface area contributed by atoms with Crippen molar-refractivity contribution >= 4 is 13.8 Å². The number of unbranched alkanes of at least 4 members (excludes halogenated alkanes) is 36. The maximum atomic E-state index is 11.9. The van der Waals surface area contributed by atoms with Gasteiger partial charge in [-0.25, -0.2) is 4.57 Å². The van der Waals surface area contributed by atoms with Crippen LogP contribution in [0.4, 0.5) is 0 Å². The van der Waals surface area contributed by atoms with E-state index in [0.29, 0.717) is 6.42 Å². The molecule has 0 aliphatic heterocycles. The third kappa shape index (κ3) is 44.2. The summed E-state index contributed by atoms with van der Waals surface area (Å²) in [6.07, 6.45) is 50.4. The van der Waals surface area contributed by atoms with Crippen LogP contribution in [-0.2, 0) is 23.1 Å². The standard InChI is InChI=1S/C45H92NO7P/c1-2-3-4-5-6-7-8-9-10-11-12-13-14-15-16-17-18-19-20-21-22-23-24-25-26-27-28-29-30-31-32-33-34-35-36-37-38-39-45(48)51-42-44(47)43-53-54(49,50)52-41-40-46/h44,47H,2-43,46H2,1H3,(H,49,50). The summed E-state index contributed by atoms with van der Waals surface area (Å²) in [6.45, 7) is 1.50. The predicted octanol–water partition coefficient (Wildman–Crippen LogP) is 13.8. The molecule has 0 aliphatic rings. The van der Waals surface area contributed by atoms with Crippen molar-refractivity contribution in [2.24, 2.45) is 5.73 Å². The Morgan fingerprint density at radius 2 is 0.759 bits per heavy atom. The number of hydrogen-bond donors (Lipinski definition) is 3. The van der Waals surface area contributed by atoms with Crippen molar-refractivity contribution in [1.82, 2.24) is 0 Å². The number of phosphoric acid groups is 1. The van der Waals surface area contributed by atoms with Gasteiger partial charge in [0.15, 0.2) is 0 Å². The molecule has 2 unspecified atom stereocenters. The van der Waals surface area contributed by atoms with E-state index in [-0.39, 0.29) is 25.7 Å². The molecule has 0 bridgehead atoms. The highest BCUT2D eigenvalue weighted by Crippen LogP contribution is 2.42. The van der Waals surface area contributed by atoms with Gasteiger partial charge in [-0.1, -0.05) is 238 Å². The van der Waals surface area contributed by atoms with E-state index in [2.05, 4.69) is 16.0 Å². The number of phosphoric ester groups is 1. The van der Waals surface area contributed by atoms with Crippen LogP contribution in [0.25, 0.3) is 0 Å². The summed E-state index contributed by atoms with van der Waals surface area (Å²) < 4.78 is 25.8. The van der Waals surface area contributed by atoms with E-state index in [4.69, 9.17) is 10.5 Å². The molecule has 0 fully saturated rings. The Balaban J connectivity index is 3.20. The van der Waals surface area contributed by atoms with Crippen molar-refractivity contribution in [3.63, 3.8) is 0 Å². The fraction of sp³-hybridized carbons (Fsp3) is 0.978. The number of carbonyl (C=O) groups excluding carboxylic acids is 1. The topological polar surface area (TPSA) is 128 Å². The molecule has 324 valence electrons. The number of hydrogen-bond acceptors (Lipinski definition) is 7. The van der Waals surface area contributed by atoms with Gasteiger partial charge in [-0.15, -0.1) is 0 Å². The van der Waals surface area contributed by atoms with Gasteiger partial charge >= 0.3 is 13.8 Å². The molecule has 0 aliphatic carbocycles. The Hall–Kier alpha value is -0.500. The van der Waals surface area contributed by atoms with Crippen LogP contribution in [0.3, 0.4) is 0 Å². The Morgan fingerprint density at radius 3 is 1.04 bits per heavy atom. The molecule has 0 aromatic rings. The van der Waals surface area contributed by atoms with Crippen LogP contribution in [-0.4, -0.2) is 48.4 Å². The molecule has 0 heterocycles. The number of aliphatic hydroxyl groups excluding tert-OH is 1. The number of esters is 1. The highest BCUT2D eigenvalue weighted by atomic mass is 31.2. The first-order valence-corrected chi connectivity index (χ1v) is 25.1. The average molecular weight is 790 g/mol. The first-order valence-electron chi connectivity index (χ1n) is 23.6. The van der Waals surface area contributed by atoms with Gasteiger partial charge in [0.1, 0.15) is 12.7 Å². The maximum absolute atomic E-state index is 11.9. The maximum Gasteiger partial charge on any atom is 0.472 e. The molecular formula is C45H92NO7P. The molecule has 0 rings (SSSR count). The van der Waals surface area contributed by atoms with Gasteiger partial charge in [0.05, 0.1) is 13.2 Å². The highest BCUT2D eigenvalue weighted by Gasteiger charge is 2.22. The fourth-order valence-electron chi connectivity index (χ4n) is 7.22. The van der Waals surface area contributed by atoms with Crippen molar-refractivity contribution in [3.8, 4) is 0 Å². The molecule has 0 amide bonds. The Morgan fingerprint density at radius 1 is 0.481 bits per heavy atom. The molecule has 54 heavy (non-hydrogen) atoms. The van der Waals surface area contributed by atoms with Crippen LogP contribution in [0, 0.1) is 0 Å². The SMILES string of the molecule is CCCCCCCCCCCCCCCCCCCCCCCCCCCCCCCCCCCCCCCC(=O)OCC(O)COP(=O)(O)OCCN. The molecule has 0 saturated heterocycles. The zero-order valence-corrected chi connectivity index (χ0v) is 36.6. The molecule has 0 aromatic carbocycles. The molecule has 0 radical (unpaired) electrons. The zero-order chi connectivity index (χ0) is 39.5. The van der Waals surface area contributed by atoms with E-state index in [1.165, 1.54) is 218 Å². The lowest BCUT2D eigenvalue weighted by Crippen LogP contribution is -2.23. The van der Waals surface area contributed by atoms with Crippen molar-refractivity contribution in [2.45, 2.75) is 257 Å². The van der Waals surface area contributed by atoms with Gasteiger partial charge in [-0.2, -0.15) is 0 Å². The molecule has 2 atom stereocenters. The second-order valence-electron chi connectivity index (χ2n) is 16.2. The zero-order valence-electron chi connectivity index (χ0n) is 35.7. The lowest BCUT2D eigenvalue weighted by Gasteiger charge is -2.15. The molecule has 4 N–H and O–H groups in total. The van der Waals surface area contributed by atoms with E-state index in [0.717, 1.165) is 19.3 Å². The molecule has 9 heteroatoms. The Kier molecular flexibility index (Phi) is 43.2. The summed E-state index contributed by atoms with van der Waals surface area (Å²) in [4.78, 5) is 21.3. The Labute approximate surface area is 335 Å². The minimum Gasteiger partial charge on any atom is -0.463 e. The lowest BCUT2D eigenvalue weighted by molar-refractivity contribution is -0.147. The summed E-state index contributed by atoms with van der Waals surface area (Å²) in [5.74, 6) is -0.378. The summed E-state index contributed by atoms with van der Waals surface area (Å²) in [5.41, 5.74) is 5.21. The molecule has 0 spiro atoms. The lowest BCUT2D eigenvalue weighted by atomic mass is 10.0. The summed E-state index contributed by atoms with van der Waals surface area (Å²) >= 11 is 0. The second-order valence-corrected chi connectivity index (χ2v) is 17.7. The number of carbonyl (C=O) groups is 1.